The number of aliphatic hydroxyl groups excluding tert-OH is 2. The number of hydrogen-bond donors (Lipinski definition) is 4. The van der Waals surface area contributed by atoms with Crippen LogP contribution in [0.25, 0.3) is 10.9 Å². The van der Waals surface area contributed by atoms with Crippen LogP contribution in [0.15, 0.2) is 54.7 Å². The number of benzene rings is 2. The molecule has 132 valence electrons. The van der Waals surface area contributed by atoms with Crippen LogP contribution in [0.5, 0.6) is 0 Å². The predicted molar refractivity (Wildman–Crippen MR) is 101 cm³/mol. The zero-order valence-electron chi connectivity index (χ0n) is 14.4. The van der Waals surface area contributed by atoms with Gasteiger partial charge in [-0.3, -0.25) is 4.79 Å². The molecule has 0 saturated heterocycles. The summed E-state index contributed by atoms with van der Waals surface area (Å²) in [4.78, 5) is 15.6. The van der Waals surface area contributed by atoms with Crippen LogP contribution in [-0.4, -0.2) is 33.9 Å². The Kier molecular flexibility index (Phi) is 5.37. The molecule has 0 aliphatic heterocycles. The zero-order valence-corrected chi connectivity index (χ0v) is 14.4. The quantitative estimate of drug-likeness (QED) is 0.431. The number of amides is 1. The Balaban J connectivity index is 1.75. The van der Waals surface area contributed by atoms with Crippen LogP contribution in [0.1, 0.15) is 34.3 Å². The van der Waals surface area contributed by atoms with Gasteiger partial charge in [-0.15, -0.1) is 0 Å². The Morgan fingerprint density at radius 3 is 2.85 bits per heavy atom. The minimum absolute atomic E-state index is 0.239. The highest BCUT2D eigenvalue weighted by Gasteiger charge is 2.21. The summed E-state index contributed by atoms with van der Waals surface area (Å²) in [5.74, 6) is 4.65. The van der Waals surface area contributed by atoms with Crippen molar-refractivity contribution in [2.24, 2.45) is 0 Å². The molecule has 2 atom stereocenters. The lowest BCUT2D eigenvalue weighted by atomic mass is 9.98. The smallest absolute Gasteiger partial charge is 0.253 e. The largest absolute Gasteiger partial charge is 0.384 e. The van der Waals surface area contributed by atoms with E-state index in [1.54, 1.807) is 24.3 Å². The Bertz CT molecular complexity index is 981. The maximum atomic E-state index is 12.4. The van der Waals surface area contributed by atoms with E-state index < -0.39 is 6.23 Å². The van der Waals surface area contributed by atoms with Gasteiger partial charge in [0.05, 0.1) is 0 Å². The van der Waals surface area contributed by atoms with E-state index >= 15 is 0 Å². The van der Waals surface area contributed by atoms with Gasteiger partial charge in [-0.25, -0.2) is 0 Å². The lowest BCUT2D eigenvalue weighted by molar-refractivity contribution is 0.0728. The number of carbonyl (C=O) groups is 1. The molecule has 1 heterocycles. The van der Waals surface area contributed by atoms with Crippen LogP contribution >= 0.6 is 0 Å². The number of aromatic nitrogens is 1. The fourth-order valence-corrected chi connectivity index (χ4v) is 2.86. The molecule has 1 amide bonds. The first kappa shape index (κ1) is 17.7. The SMILES string of the molecule is CC(c1c[nH]c2ccccc12)C(O)NC(=O)c1cccc(C#CCO)c1. The third-order valence-corrected chi connectivity index (χ3v) is 4.30. The van der Waals surface area contributed by atoms with Crippen molar-refractivity contribution in [3.05, 3.63) is 71.4 Å². The minimum Gasteiger partial charge on any atom is -0.384 e. The maximum Gasteiger partial charge on any atom is 0.253 e. The minimum atomic E-state index is -1.03. The molecule has 0 bridgehead atoms. The summed E-state index contributed by atoms with van der Waals surface area (Å²) in [6.45, 7) is 1.63. The molecule has 0 fully saturated rings. The molecule has 0 spiro atoms. The van der Waals surface area contributed by atoms with Crippen LogP contribution in [0, 0.1) is 11.8 Å². The summed E-state index contributed by atoms with van der Waals surface area (Å²) in [7, 11) is 0. The molecular formula is C21H20N2O3. The number of aromatic amines is 1. The van der Waals surface area contributed by atoms with E-state index in [4.69, 9.17) is 5.11 Å². The number of aliphatic hydroxyl groups is 2. The number of carbonyl (C=O) groups excluding carboxylic acids is 1. The fourth-order valence-electron chi connectivity index (χ4n) is 2.86. The molecule has 0 radical (unpaired) electrons. The first-order chi connectivity index (χ1) is 12.6. The van der Waals surface area contributed by atoms with Gasteiger partial charge in [0.15, 0.2) is 0 Å². The Morgan fingerprint density at radius 1 is 1.23 bits per heavy atom. The lowest BCUT2D eigenvalue weighted by Crippen LogP contribution is -2.38. The van der Waals surface area contributed by atoms with Gasteiger partial charge < -0.3 is 20.5 Å². The van der Waals surface area contributed by atoms with Crippen molar-refractivity contribution in [1.82, 2.24) is 10.3 Å². The molecule has 3 rings (SSSR count). The number of nitrogens with one attached hydrogen (secondary N) is 2. The predicted octanol–water partition coefficient (Wildman–Crippen LogP) is 2.36. The third kappa shape index (κ3) is 3.77. The van der Waals surface area contributed by atoms with Gasteiger partial charge in [0.1, 0.15) is 12.8 Å². The number of para-hydroxylation sites is 1. The Hall–Kier alpha value is -3.07. The van der Waals surface area contributed by atoms with E-state index in [0.29, 0.717) is 11.1 Å². The van der Waals surface area contributed by atoms with Crippen molar-refractivity contribution >= 4 is 16.8 Å². The fraction of sp³-hybridized carbons (Fsp3) is 0.190. The van der Waals surface area contributed by atoms with Gasteiger partial charge in [0, 0.05) is 34.1 Å². The van der Waals surface area contributed by atoms with Crippen LogP contribution in [0.4, 0.5) is 0 Å². The molecular weight excluding hydrogens is 328 g/mol. The van der Waals surface area contributed by atoms with E-state index in [0.717, 1.165) is 16.5 Å². The molecule has 0 aliphatic rings. The summed E-state index contributed by atoms with van der Waals surface area (Å²) in [5, 5.41) is 22.9. The van der Waals surface area contributed by atoms with Crippen molar-refractivity contribution in [3.63, 3.8) is 0 Å². The second-order valence-corrected chi connectivity index (χ2v) is 6.04. The number of rotatable bonds is 4. The van der Waals surface area contributed by atoms with E-state index in [2.05, 4.69) is 22.1 Å². The van der Waals surface area contributed by atoms with Crippen molar-refractivity contribution in [2.45, 2.75) is 19.1 Å². The van der Waals surface area contributed by atoms with E-state index in [9.17, 15) is 9.90 Å². The molecule has 0 aliphatic carbocycles. The number of fused-ring (bicyclic) bond motifs is 1. The highest BCUT2D eigenvalue weighted by Crippen LogP contribution is 2.27. The summed E-state index contributed by atoms with van der Waals surface area (Å²) >= 11 is 0. The topological polar surface area (TPSA) is 85.4 Å². The first-order valence-corrected chi connectivity index (χ1v) is 8.35. The first-order valence-electron chi connectivity index (χ1n) is 8.35. The summed E-state index contributed by atoms with van der Waals surface area (Å²) in [5.41, 5.74) is 2.96. The molecule has 26 heavy (non-hydrogen) atoms. The highest BCUT2D eigenvalue weighted by atomic mass is 16.3. The van der Waals surface area contributed by atoms with E-state index in [1.165, 1.54) is 0 Å². The number of hydrogen-bond acceptors (Lipinski definition) is 3. The van der Waals surface area contributed by atoms with Gasteiger partial charge in [-0.1, -0.05) is 43.0 Å². The van der Waals surface area contributed by atoms with Crippen LogP contribution < -0.4 is 5.32 Å². The average Bonchev–Trinajstić information content (AvgIpc) is 3.10. The Morgan fingerprint density at radius 2 is 2.04 bits per heavy atom. The van der Waals surface area contributed by atoms with Crippen LogP contribution in [-0.2, 0) is 0 Å². The highest BCUT2D eigenvalue weighted by molar-refractivity contribution is 5.94. The van der Waals surface area contributed by atoms with Crippen molar-refractivity contribution in [3.8, 4) is 11.8 Å². The van der Waals surface area contributed by atoms with Gasteiger partial charge in [0.25, 0.3) is 5.91 Å². The molecule has 3 aromatic rings. The Labute approximate surface area is 151 Å². The van der Waals surface area contributed by atoms with Gasteiger partial charge in [-0.2, -0.15) is 0 Å². The average molecular weight is 348 g/mol. The summed E-state index contributed by atoms with van der Waals surface area (Å²) in [6.07, 6.45) is 0.824. The molecule has 5 heteroatoms. The molecule has 1 aromatic heterocycles. The maximum absolute atomic E-state index is 12.4. The molecule has 4 N–H and O–H groups in total. The van der Waals surface area contributed by atoms with Gasteiger partial charge in [0.2, 0.25) is 0 Å². The van der Waals surface area contributed by atoms with E-state index in [-0.39, 0.29) is 18.4 Å². The van der Waals surface area contributed by atoms with Gasteiger partial charge >= 0.3 is 0 Å². The van der Waals surface area contributed by atoms with Gasteiger partial charge in [-0.05, 0) is 29.8 Å². The second kappa shape index (κ2) is 7.87. The van der Waals surface area contributed by atoms with Crippen molar-refractivity contribution in [2.75, 3.05) is 6.61 Å². The molecule has 2 aromatic carbocycles. The summed E-state index contributed by atoms with van der Waals surface area (Å²) < 4.78 is 0. The second-order valence-electron chi connectivity index (χ2n) is 6.04. The third-order valence-electron chi connectivity index (χ3n) is 4.30. The van der Waals surface area contributed by atoms with Crippen molar-refractivity contribution < 1.29 is 15.0 Å². The molecule has 5 nitrogen and oxygen atoms in total. The monoisotopic (exact) mass is 348 g/mol. The molecule has 2 unspecified atom stereocenters. The standard InChI is InChI=1S/C21H20N2O3/c1-14(18-13-22-19-10-3-2-9-17(18)19)20(25)23-21(26)16-8-4-6-15(12-16)7-5-11-24/h2-4,6,8-10,12-14,20,22,24-25H,11H2,1H3,(H,23,26). The zero-order chi connectivity index (χ0) is 18.5. The van der Waals surface area contributed by atoms with Crippen molar-refractivity contribution in [1.29, 1.82) is 0 Å². The lowest BCUT2D eigenvalue weighted by Gasteiger charge is -2.20. The molecule has 0 saturated carbocycles. The van der Waals surface area contributed by atoms with Crippen LogP contribution in [0.3, 0.4) is 0 Å². The summed E-state index contributed by atoms with van der Waals surface area (Å²) in [6, 6.07) is 14.6. The van der Waals surface area contributed by atoms with E-state index in [1.807, 2.05) is 37.4 Å². The number of H-pyrrole nitrogens is 1. The van der Waals surface area contributed by atoms with Crippen LogP contribution in [0.2, 0.25) is 0 Å². The normalized spacial score (nSPS) is 12.9.